The van der Waals surface area contributed by atoms with Gasteiger partial charge < -0.3 is 4.74 Å². The summed E-state index contributed by atoms with van der Waals surface area (Å²) in [5.41, 5.74) is 0.617. The number of piperidine rings is 1. The summed E-state index contributed by atoms with van der Waals surface area (Å²) in [7, 11) is 0. The molecule has 0 spiro atoms. The molecule has 0 N–H and O–H groups in total. The second kappa shape index (κ2) is 7.58. The van der Waals surface area contributed by atoms with Gasteiger partial charge in [0.05, 0.1) is 6.21 Å². The van der Waals surface area contributed by atoms with Crippen LogP contribution in [0.5, 0.6) is 11.5 Å². The maximum Gasteiger partial charge on any atom is 0.205 e. The van der Waals surface area contributed by atoms with Crippen molar-refractivity contribution in [3.63, 3.8) is 0 Å². The van der Waals surface area contributed by atoms with Crippen LogP contribution in [-0.4, -0.2) is 30.1 Å². The molecule has 0 unspecified atom stereocenters. The maximum absolute atomic E-state index is 12.1. The lowest BCUT2D eigenvalue weighted by atomic mass is 10.1. The van der Waals surface area contributed by atoms with Gasteiger partial charge in [-0.2, -0.15) is 5.10 Å². The van der Waals surface area contributed by atoms with Crippen molar-refractivity contribution in [1.82, 2.24) is 5.01 Å². The van der Waals surface area contributed by atoms with Gasteiger partial charge in [0.1, 0.15) is 11.5 Å². The van der Waals surface area contributed by atoms with Crippen molar-refractivity contribution in [3.8, 4) is 11.5 Å². The summed E-state index contributed by atoms with van der Waals surface area (Å²) in [4.78, 5) is 12.1. The molecule has 1 aliphatic heterocycles. The minimum absolute atomic E-state index is 0.0816. The quantitative estimate of drug-likeness (QED) is 0.616. The first-order chi connectivity index (χ1) is 11.3. The molecule has 0 bridgehead atoms. The first-order valence-corrected chi connectivity index (χ1v) is 7.97. The SMILES string of the molecule is O=C(/C=N/N1CCCCC1)c1ccc(Oc2ccccc2)cc1. The third-order valence-corrected chi connectivity index (χ3v) is 3.79. The summed E-state index contributed by atoms with van der Waals surface area (Å²) >= 11 is 0. The van der Waals surface area contributed by atoms with Crippen molar-refractivity contribution in [2.75, 3.05) is 13.1 Å². The molecule has 2 aromatic rings. The second-order valence-electron chi connectivity index (χ2n) is 5.56. The average molecular weight is 308 g/mol. The van der Waals surface area contributed by atoms with Crippen molar-refractivity contribution in [2.24, 2.45) is 5.10 Å². The molecule has 2 aromatic carbocycles. The third-order valence-electron chi connectivity index (χ3n) is 3.79. The van der Waals surface area contributed by atoms with Gasteiger partial charge in [-0.05, 0) is 55.7 Å². The van der Waals surface area contributed by atoms with E-state index in [-0.39, 0.29) is 5.78 Å². The van der Waals surface area contributed by atoms with E-state index in [0.717, 1.165) is 31.7 Å². The van der Waals surface area contributed by atoms with Gasteiger partial charge in [-0.25, -0.2) is 0 Å². The Balaban J connectivity index is 1.60. The Labute approximate surface area is 136 Å². The highest BCUT2D eigenvalue weighted by Gasteiger charge is 2.08. The zero-order valence-electron chi connectivity index (χ0n) is 13.0. The Morgan fingerprint density at radius 2 is 1.57 bits per heavy atom. The normalized spacial score (nSPS) is 14.9. The molecule has 4 nitrogen and oxygen atoms in total. The Kier molecular flexibility index (Phi) is 5.04. The van der Waals surface area contributed by atoms with E-state index in [1.807, 2.05) is 35.3 Å². The monoisotopic (exact) mass is 308 g/mol. The molecule has 0 atom stereocenters. The van der Waals surface area contributed by atoms with Gasteiger partial charge in [0.15, 0.2) is 0 Å². The van der Waals surface area contributed by atoms with Gasteiger partial charge in [-0.3, -0.25) is 9.80 Å². The van der Waals surface area contributed by atoms with E-state index in [0.29, 0.717) is 11.3 Å². The van der Waals surface area contributed by atoms with E-state index in [4.69, 9.17) is 4.74 Å². The highest BCUT2D eigenvalue weighted by molar-refractivity contribution is 6.35. The molecule has 118 valence electrons. The molecule has 3 rings (SSSR count). The molecule has 1 aliphatic rings. The lowest BCUT2D eigenvalue weighted by Crippen LogP contribution is -2.25. The summed E-state index contributed by atoms with van der Waals surface area (Å²) in [6.45, 7) is 1.88. The van der Waals surface area contributed by atoms with Crippen molar-refractivity contribution in [3.05, 3.63) is 60.2 Å². The lowest BCUT2D eigenvalue weighted by molar-refractivity contribution is 0.106. The third kappa shape index (κ3) is 4.42. The molecular weight excluding hydrogens is 288 g/mol. The molecule has 0 aromatic heterocycles. The number of benzene rings is 2. The van der Waals surface area contributed by atoms with E-state index >= 15 is 0 Å². The van der Waals surface area contributed by atoms with Crippen LogP contribution < -0.4 is 4.74 Å². The number of hydrogen-bond donors (Lipinski definition) is 0. The number of para-hydroxylation sites is 1. The number of ketones is 1. The summed E-state index contributed by atoms with van der Waals surface area (Å²) in [6.07, 6.45) is 4.97. The zero-order valence-corrected chi connectivity index (χ0v) is 13.0. The average Bonchev–Trinajstić information content (AvgIpc) is 2.62. The van der Waals surface area contributed by atoms with Crippen LogP contribution in [0, 0.1) is 0 Å². The van der Waals surface area contributed by atoms with Gasteiger partial charge >= 0.3 is 0 Å². The fraction of sp³-hybridized carbons (Fsp3) is 0.263. The van der Waals surface area contributed by atoms with Gasteiger partial charge in [0, 0.05) is 18.7 Å². The number of hydrazone groups is 1. The largest absolute Gasteiger partial charge is 0.457 e. The Hall–Kier alpha value is -2.62. The second-order valence-corrected chi connectivity index (χ2v) is 5.56. The standard InChI is InChI=1S/C19H20N2O2/c22-19(15-20-21-13-5-2-6-14-21)16-9-11-18(12-10-16)23-17-7-3-1-4-8-17/h1,3-4,7-12,15H,2,5-6,13-14H2/b20-15+. The van der Waals surface area contributed by atoms with Crippen molar-refractivity contribution in [1.29, 1.82) is 0 Å². The molecule has 23 heavy (non-hydrogen) atoms. The fourth-order valence-electron chi connectivity index (χ4n) is 2.51. The Morgan fingerprint density at radius 3 is 2.26 bits per heavy atom. The number of rotatable bonds is 5. The molecule has 0 saturated carbocycles. The van der Waals surface area contributed by atoms with Crippen molar-refractivity contribution >= 4 is 12.0 Å². The minimum Gasteiger partial charge on any atom is -0.457 e. The zero-order chi connectivity index (χ0) is 15.9. The molecule has 1 heterocycles. The van der Waals surface area contributed by atoms with E-state index in [1.165, 1.54) is 12.6 Å². The van der Waals surface area contributed by atoms with Crippen LogP contribution in [0.1, 0.15) is 29.6 Å². The highest BCUT2D eigenvalue weighted by atomic mass is 16.5. The molecule has 0 aliphatic carbocycles. The predicted octanol–water partition coefficient (Wildman–Crippen LogP) is 4.13. The first-order valence-electron chi connectivity index (χ1n) is 7.97. The first kappa shape index (κ1) is 15.3. The van der Waals surface area contributed by atoms with Gasteiger partial charge in [0.2, 0.25) is 5.78 Å². The number of hydrogen-bond acceptors (Lipinski definition) is 4. The number of Topliss-reactive ketones (excluding diaryl/α,β-unsaturated/α-hetero) is 1. The van der Waals surface area contributed by atoms with Gasteiger partial charge in [-0.15, -0.1) is 0 Å². The molecule has 0 radical (unpaired) electrons. The van der Waals surface area contributed by atoms with Gasteiger partial charge in [-0.1, -0.05) is 18.2 Å². The van der Waals surface area contributed by atoms with E-state index in [1.54, 1.807) is 24.3 Å². The molecule has 4 heteroatoms. The Morgan fingerprint density at radius 1 is 0.913 bits per heavy atom. The van der Waals surface area contributed by atoms with E-state index in [9.17, 15) is 4.79 Å². The van der Waals surface area contributed by atoms with Crippen LogP contribution in [0.15, 0.2) is 59.7 Å². The lowest BCUT2D eigenvalue weighted by Gasteiger charge is -2.22. The molecule has 0 amide bonds. The van der Waals surface area contributed by atoms with Crippen LogP contribution >= 0.6 is 0 Å². The highest BCUT2D eigenvalue weighted by Crippen LogP contribution is 2.21. The van der Waals surface area contributed by atoms with Crippen molar-refractivity contribution < 1.29 is 9.53 Å². The maximum atomic E-state index is 12.1. The van der Waals surface area contributed by atoms with Crippen LogP contribution in [0.25, 0.3) is 0 Å². The number of nitrogens with zero attached hydrogens (tertiary/aromatic N) is 2. The molecular formula is C19H20N2O2. The Bertz CT molecular complexity index is 660. The van der Waals surface area contributed by atoms with E-state index < -0.39 is 0 Å². The fourth-order valence-corrected chi connectivity index (χ4v) is 2.51. The smallest absolute Gasteiger partial charge is 0.205 e. The van der Waals surface area contributed by atoms with Crippen LogP contribution in [0.2, 0.25) is 0 Å². The summed E-state index contributed by atoms with van der Waals surface area (Å²) in [5, 5.41) is 6.24. The van der Waals surface area contributed by atoms with Crippen LogP contribution in [0.4, 0.5) is 0 Å². The molecule has 1 saturated heterocycles. The molecule has 1 fully saturated rings. The van der Waals surface area contributed by atoms with Crippen LogP contribution in [-0.2, 0) is 0 Å². The number of carbonyl (C=O) groups is 1. The summed E-state index contributed by atoms with van der Waals surface area (Å²) in [6, 6.07) is 16.7. The summed E-state index contributed by atoms with van der Waals surface area (Å²) < 4.78 is 5.72. The van der Waals surface area contributed by atoms with Crippen LogP contribution in [0.3, 0.4) is 0 Å². The van der Waals surface area contributed by atoms with Gasteiger partial charge in [0.25, 0.3) is 0 Å². The summed E-state index contributed by atoms with van der Waals surface area (Å²) in [5.74, 6) is 1.40. The van der Waals surface area contributed by atoms with E-state index in [2.05, 4.69) is 5.10 Å². The number of ether oxygens (including phenoxy) is 1. The van der Waals surface area contributed by atoms with Crippen molar-refractivity contribution in [2.45, 2.75) is 19.3 Å². The topological polar surface area (TPSA) is 41.9 Å². The minimum atomic E-state index is -0.0816. The number of carbonyl (C=O) groups excluding carboxylic acids is 1. The predicted molar refractivity (Wildman–Crippen MR) is 91.2 cm³/mol.